The van der Waals surface area contributed by atoms with Crippen molar-refractivity contribution in [3.63, 3.8) is 0 Å². The Kier molecular flexibility index (Phi) is 4.97. The summed E-state index contributed by atoms with van der Waals surface area (Å²) in [5, 5.41) is 0. The van der Waals surface area contributed by atoms with E-state index in [0.29, 0.717) is 18.6 Å². The van der Waals surface area contributed by atoms with Crippen molar-refractivity contribution in [1.82, 2.24) is 0 Å². The van der Waals surface area contributed by atoms with E-state index in [1.54, 1.807) is 0 Å². The molecular weight excluding hydrogens is 196 g/mol. The standard InChI is InChI=1S/C15H20O/c1-12(2)4-10-15(16)11-9-14-7-5-13(3)6-8-14/h5-8H,1,4,9-11H2,2-3H3. The first-order valence-electron chi connectivity index (χ1n) is 5.79. The molecule has 86 valence electrons. The van der Waals surface area contributed by atoms with E-state index in [9.17, 15) is 4.79 Å². The molecule has 0 aliphatic carbocycles. The molecule has 1 aromatic carbocycles. The van der Waals surface area contributed by atoms with Crippen LogP contribution >= 0.6 is 0 Å². The molecular formula is C15H20O. The second kappa shape index (κ2) is 6.26. The number of hydrogen-bond acceptors (Lipinski definition) is 1. The summed E-state index contributed by atoms with van der Waals surface area (Å²) in [5.74, 6) is 0.337. The van der Waals surface area contributed by atoms with Gasteiger partial charge in [0.05, 0.1) is 0 Å². The summed E-state index contributed by atoms with van der Waals surface area (Å²) in [6, 6.07) is 8.38. The van der Waals surface area contributed by atoms with Gasteiger partial charge in [0.15, 0.2) is 0 Å². The molecule has 0 radical (unpaired) electrons. The number of hydrogen-bond donors (Lipinski definition) is 0. The van der Waals surface area contributed by atoms with E-state index in [1.807, 2.05) is 6.92 Å². The van der Waals surface area contributed by atoms with Crippen molar-refractivity contribution in [2.75, 3.05) is 0 Å². The molecule has 1 rings (SSSR count). The van der Waals surface area contributed by atoms with Crippen LogP contribution in [0.5, 0.6) is 0 Å². The third-order valence-corrected chi connectivity index (χ3v) is 2.64. The number of benzene rings is 1. The summed E-state index contributed by atoms with van der Waals surface area (Å²) in [7, 11) is 0. The van der Waals surface area contributed by atoms with Crippen LogP contribution in [-0.2, 0) is 11.2 Å². The van der Waals surface area contributed by atoms with Crippen LogP contribution in [0.4, 0.5) is 0 Å². The Hall–Kier alpha value is -1.37. The second-order valence-electron chi connectivity index (χ2n) is 4.48. The van der Waals surface area contributed by atoms with Gasteiger partial charge in [0.2, 0.25) is 0 Å². The predicted octanol–water partition coefficient (Wildman–Crippen LogP) is 3.85. The van der Waals surface area contributed by atoms with Crippen LogP contribution in [0.1, 0.15) is 37.3 Å². The zero-order valence-electron chi connectivity index (χ0n) is 10.3. The number of ketones is 1. The first-order chi connectivity index (χ1) is 7.58. The SMILES string of the molecule is C=C(C)CCC(=O)CCc1ccc(C)cc1. The van der Waals surface area contributed by atoms with Crippen molar-refractivity contribution in [2.45, 2.75) is 39.5 Å². The van der Waals surface area contributed by atoms with Crippen molar-refractivity contribution in [1.29, 1.82) is 0 Å². The molecule has 0 aromatic heterocycles. The van der Waals surface area contributed by atoms with Crippen molar-refractivity contribution in [3.05, 3.63) is 47.5 Å². The maximum atomic E-state index is 11.5. The van der Waals surface area contributed by atoms with Gasteiger partial charge in [-0.3, -0.25) is 4.79 Å². The van der Waals surface area contributed by atoms with Crippen LogP contribution in [0.3, 0.4) is 0 Å². The van der Waals surface area contributed by atoms with Crippen LogP contribution < -0.4 is 0 Å². The molecule has 0 saturated carbocycles. The summed E-state index contributed by atoms with van der Waals surface area (Å²) in [4.78, 5) is 11.5. The molecule has 0 bridgehead atoms. The first-order valence-corrected chi connectivity index (χ1v) is 5.79. The minimum atomic E-state index is 0.337. The average Bonchev–Trinajstić information content (AvgIpc) is 2.25. The highest BCUT2D eigenvalue weighted by molar-refractivity contribution is 5.78. The second-order valence-corrected chi connectivity index (χ2v) is 4.48. The molecule has 0 N–H and O–H groups in total. The largest absolute Gasteiger partial charge is 0.300 e. The van der Waals surface area contributed by atoms with Gasteiger partial charge in [-0.1, -0.05) is 35.4 Å². The van der Waals surface area contributed by atoms with Gasteiger partial charge in [-0.15, -0.1) is 6.58 Å². The summed E-state index contributed by atoms with van der Waals surface area (Å²) in [6.45, 7) is 7.84. The van der Waals surface area contributed by atoms with Crippen LogP contribution in [-0.4, -0.2) is 5.78 Å². The summed E-state index contributed by atoms with van der Waals surface area (Å²) in [5.41, 5.74) is 3.59. The Morgan fingerprint density at radius 1 is 1.12 bits per heavy atom. The van der Waals surface area contributed by atoms with E-state index >= 15 is 0 Å². The minimum absolute atomic E-state index is 0.337. The molecule has 1 nitrogen and oxygen atoms in total. The normalized spacial score (nSPS) is 10.1. The fraction of sp³-hybridized carbons (Fsp3) is 0.400. The summed E-state index contributed by atoms with van der Waals surface area (Å²) in [6.07, 6.45) is 2.97. The van der Waals surface area contributed by atoms with Crippen LogP contribution in [0.15, 0.2) is 36.4 Å². The highest BCUT2D eigenvalue weighted by Gasteiger charge is 2.02. The Morgan fingerprint density at radius 3 is 2.31 bits per heavy atom. The topological polar surface area (TPSA) is 17.1 Å². The Labute approximate surface area is 98.2 Å². The van der Waals surface area contributed by atoms with Gasteiger partial charge < -0.3 is 0 Å². The number of carbonyl (C=O) groups excluding carboxylic acids is 1. The number of aryl methyl sites for hydroxylation is 2. The van der Waals surface area contributed by atoms with Gasteiger partial charge >= 0.3 is 0 Å². The quantitative estimate of drug-likeness (QED) is 0.660. The molecule has 0 unspecified atom stereocenters. The third kappa shape index (κ3) is 4.92. The summed E-state index contributed by atoms with van der Waals surface area (Å²) >= 11 is 0. The third-order valence-electron chi connectivity index (χ3n) is 2.64. The van der Waals surface area contributed by atoms with Crippen LogP contribution in [0.2, 0.25) is 0 Å². The van der Waals surface area contributed by atoms with Crippen LogP contribution in [0.25, 0.3) is 0 Å². The van der Waals surface area contributed by atoms with Gasteiger partial charge in [-0.05, 0) is 32.3 Å². The highest BCUT2D eigenvalue weighted by atomic mass is 16.1. The molecule has 0 amide bonds. The number of rotatable bonds is 6. The molecule has 0 aliphatic heterocycles. The van der Waals surface area contributed by atoms with Crippen LogP contribution in [0, 0.1) is 6.92 Å². The molecule has 0 spiro atoms. The van der Waals surface area contributed by atoms with E-state index in [4.69, 9.17) is 0 Å². The fourth-order valence-corrected chi connectivity index (χ4v) is 1.52. The van der Waals surface area contributed by atoms with E-state index in [2.05, 4.69) is 37.8 Å². The van der Waals surface area contributed by atoms with E-state index in [0.717, 1.165) is 18.4 Å². The molecule has 0 saturated heterocycles. The molecule has 0 heterocycles. The lowest BCUT2D eigenvalue weighted by Crippen LogP contribution is -2.00. The lowest BCUT2D eigenvalue weighted by Gasteiger charge is -2.02. The van der Waals surface area contributed by atoms with Crippen molar-refractivity contribution < 1.29 is 4.79 Å². The molecule has 0 fully saturated rings. The van der Waals surface area contributed by atoms with Crippen molar-refractivity contribution >= 4 is 5.78 Å². The van der Waals surface area contributed by atoms with E-state index < -0.39 is 0 Å². The summed E-state index contributed by atoms with van der Waals surface area (Å²) < 4.78 is 0. The molecule has 1 aromatic rings. The zero-order chi connectivity index (χ0) is 12.0. The Bertz CT molecular complexity index is 360. The minimum Gasteiger partial charge on any atom is -0.300 e. The Balaban J connectivity index is 2.31. The van der Waals surface area contributed by atoms with Gasteiger partial charge in [0, 0.05) is 12.8 Å². The molecule has 0 aliphatic rings. The maximum Gasteiger partial charge on any atom is 0.133 e. The average molecular weight is 216 g/mol. The maximum absolute atomic E-state index is 11.5. The lowest BCUT2D eigenvalue weighted by atomic mass is 10.0. The smallest absolute Gasteiger partial charge is 0.133 e. The monoisotopic (exact) mass is 216 g/mol. The van der Waals surface area contributed by atoms with Crippen molar-refractivity contribution in [3.8, 4) is 0 Å². The Morgan fingerprint density at radius 2 is 1.75 bits per heavy atom. The highest BCUT2D eigenvalue weighted by Crippen LogP contribution is 2.09. The van der Waals surface area contributed by atoms with Gasteiger partial charge in [-0.25, -0.2) is 0 Å². The molecule has 0 atom stereocenters. The number of Topliss-reactive ketones (excluding diaryl/α,β-unsaturated/α-hetero) is 1. The van der Waals surface area contributed by atoms with Crippen molar-refractivity contribution in [2.24, 2.45) is 0 Å². The zero-order valence-corrected chi connectivity index (χ0v) is 10.3. The fourth-order valence-electron chi connectivity index (χ4n) is 1.52. The number of carbonyl (C=O) groups is 1. The van der Waals surface area contributed by atoms with E-state index in [-0.39, 0.29) is 0 Å². The lowest BCUT2D eigenvalue weighted by molar-refractivity contribution is -0.119. The molecule has 1 heteroatoms. The van der Waals surface area contributed by atoms with Gasteiger partial charge in [0.1, 0.15) is 5.78 Å². The van der Waals surface area contributed by atoms with Gasteiger partial charge in [-0.2, -0.15) is 0 Å². The number of allylic oxidation sites excluding steroid dienone is 1. The predicted molar refractivity (Wildman–Crippen MR) is 68.6 cm³/mol. The molecule has 16 heavy (non-hydrogen) atoms. The van der Waals surface area contributed by atoms with Gasteiger partial charge in [0.25, 0.3) is 0 Å². The first kappa shape index (κ1) is 12.7. The van der Waals surface area contributed by atoms with E-state index in [1.165, 1.54) is 11.1 Å².